The largest absolute Gasteiger partial charge is 0.469 e. The van der Waals surface area contributed by atoms with E-state index in [0.29, 0.717) is 16.8 Å². The van der Waals surface area contributed by atoms with E-state index in [2.05, 4.69) is 15.3 Å². The van der Waals surface area contributed by atoms with Crippen LogP contribution in [0.25, 0.3) is 16.8 Å². The normalized spacial score (nSPS) is 10.9. The van der Waals surface area contributed by atoms with E-state index in [0.717, 1.165) is 0 Å². The first-order chi connectivity index (χ1) is 13.5. The minimum atomic E-state index is -0.763. The van der Waals surface area contributed by atoms with Crippen molar-refractivity contribution in [1.82, 2.24) is 19.8 Å². The third-order valence-electron chi connectivity index (χ3n) is 4.04. The molecule has 0 unspecified atom stereocenters. The molecule has 0 aliphatic heterocycles. The number of halogens is 1. The summed E-state index contributed by atoms with van der Waals surface area (Å²) in [6.45, 7) is 0.126. The molecule has 2 heterocycles. The van der Waals surface area contributed by atoms with Gasteiger partial charge in [-0.2, -0.15) is 5.10 Å². The first-order valence-electron chi connectivity index (χ1n) is 8.17. The molecule has 0 spiro atoms. The van der Waals surface area contributed by atoms with Crippen molar-refractivity contribution in [3.05, 3.63) is 47.2 Å². The number of carbonyl (C=O) groups excluding carboxylic acids is 2. The fraction of sp³-hybridized carbons (Fsp3) is 0.278. The molecule has 10 heteroatoms. The molecular formula is C18H17FN4O5. The van der Waals surface area contributed by atoms with Gasteiger partial charge in [-0.3, -0.25) is 4.79 Å². The number of methoxy groups -OCH3 is 3. The molecule has 0 saturated carbocycles. The summed E-state index contributed by atoms with van der Waals surface area (Å²) in [6, 6.07) is 5.75. The monoisotopic (exact) mass is 388 g/mol. The average molecular weight is 388 g/mol. The molecule has 2 aromatic heterocycles. The van der Waals surface area contributed by atoms with Gasteiger partial charge >= 0.3 is 11.9 Å². The zero-order chi connectivity index (χ0) is 20.3. The summed E-state index contributed by atoms with van der Waals surface area (Å²) >= 11 is 0. The van der Waals surface area contributed by atoms with Gasteiger partial charge in [0, 0.05) is 7.11 Å². The Balaban J connectivity index is 2.30. The SMILES string of the molecule is COCc1nn2c(CC(=O)OC)c(C(=O)OC)nnc2c1-c1ccc(F)cc1. The molecule has 0 N–H and O–H groups in total. The summed E-state index contributed by atoms with van der Waals surface area (Å²) in [6.07, 6.45) is -0.274. The van der Waals surface area contributed by atoms with Crippen LogP contribution in [-0.2, 0) is 32.0 Å². The molecule has 1 aromatic carbocycles. The van der Waals surface area contributed by atoms with E-state index in [9.17, 15) is 14.0 Å². The summed E-state index contributed by atoms with van der Waals surface area (Å²) in [7, 11) is 3.92. The second-order valence-corrected chi connectivity index (χ2v) is 5.74. The Labute approximate surface area is 159 Å². The quantitative estimate of drug-likeness (QED) is 0.586. The van der Waals surface area contributed by atoms with Crippen molar-refractivity contribution in [1.29, 1.82) is 0 Å². The Morgan fingerprint density at radius 1 is 1.07 bits per heavy atom. The number of hydrogen-bond donors (Lipinski definition) is 0. The molecule has 3 aromatic rings. The van der Waals surface area contributed by atoms with Gasteiger partial charge in [-0.25, -0.2) is 13.7 Å². The molecule has 9 nitrogen and oxygen atoms in total. The minimum Gasteiger partial charge on any atom is -0.469 e. The summed E-state index contributed by atoms with van der Waals surface area (Å²) in [5, 5.41) is 12.5. The number of rotatable bonds is 6. The fourth-order valence-corrected chi connectivity index (χ4v) is 2.76. The van der Waals surface area contributed by atoms with Crippen molar-refractivity contribution in [2.24, 2.45) is 0 Å². The van der Waals surface area contributed by atoms with E-state index >= 15 is 0 Å². The Bertz CT molecular complexity index is 1030. The predicted octanol–water partition coefficient (Wildman–Crippen LogP) is 1.58. The first kappa shape index (κ1) is 19.4. The Morgan fingerprint density at radius 2 is 1.79 bits per heavy atom. The number of hydrogen-bond acceptors (Lipinski definition) is 8. The van der Waals surface area contributed by atoms with Crippen LogP contribution >= 0.6 is 0 Å². The lowest BCUT2D eigenvalue weighted by molar-refractivity contribution is -0.139. The van der Waals surface area contributed by atoms with Crippen molar-refractivity contribution in [2.45, 2.75) is 13.0 Å². The molecule has 0 bridgehead atoms. The standard InChI is InChI=1S/C18H17FN4O5/c1-26-9-12-15(10-4-6-11(19)7-5-10)17-21-20-16(18(25)28-3)13(23(17)22-12)8-14(24)27-2/h4-7H,8-9H2,1-3H3. The Hall–Kier alpha value is -3.40. The molecule has 28 heavy (non-hydrogen) atoms. The van der Waals surface area contributed by atoms with Crippen molar-refractivity contribution >= 4 is 17.6 Å². The van der Waals surface area contributed by atoms with Crippen LogP contribution in [-0.4, -0.2) is 53.1 Å². The molecule has 0 fully saturated rings. The molecule has 0 amide bonds. The van der Waals surface area contributed by atoms with Gasteiger partial charge in [0.05, 0.1) is 44.2 Å². The molecular weight excluding hydrogens is 371 g/mol. The smallest absolute Gasteiger partial charge is 0.360 e. The molecule has 0 atom stereocenters. The van der Waals surface area contributed by atoms with Gasteiger partial charge in [0.2, 0.25) is 0 Å². The molecule has 3 rings (SSSR count). The van der Waals surface area contributed by atoms with Crippen LogP contribution in [0.15, 0.2) is 24.3 Å². The number of aromatic nitrogens is 4. The molecule has 0 saturated heterocycles. The van der Waals surface area contributed by atoms with E-state index < -0.39 is 11.9 Å². The van der Waals surface area contributed by atoms with Gasteiger partial charge in [0.25, 0.3) is 0 Å². The van der Waals surface area contributed by atoms with Crippen LogP contribution in [0.3, 0.4) is 0 Å². The number of ether oxygens (including phenoxy) is 3. The highest BCUT2D eigenvalue weighted by Crippen LogP contribution is 2.29. The van der Waals surface area contributed by atoms with Crippen molar-refractivity contribution in [3.63, 3.8) is 0 Å². The number of esters is 2. The fourth-order valence-electron chi connectivity index (χ4n) is 2.76. The van der Waals surface area contributed by atoms with E-state index in [1.54, 1.807) is 12.1 Å². The number of fused-ring (bicyclic) bond motifs is 1. The van der Waals surface area contributed by atoms with Crippen LogP contribution in [0.1, 0.15) is 21.9 Å². The Morgan fingerprint density at radius 3 is 2.39 bits per heavy atom. The molecule has 0 aliphatic carbocycles. The van der Waals surface area contributed by atoms with Gasteiger partial charge in [-0.1, -0.05) is 12.1 Å². The predicted molar refractivity (Wildman–Crippen MR) is 93.9 cm³/mol. The van der Waals surface area contributed by atoms with E-state index in [4.69, 9.17) is 14.2 Å². The lowest BCUT2D eigenvalue weighted by Gasteiger charge is -2.08. The van der Waals surface area contributed by atoms with Gasteiger partial charge in [0.1, 0.15) is 5.82 Å². The third-order valence-corrected chi connectivity index (χ3v) is 4.04. The third kappa shape index (κ3) is 3.54. The van der Waals surface area contributed by atoms with Gasteiger partial charge in [0.15, 0.2) is 11.3 Å². The second kappa shape index (κ2) is 8.09. The highest BCUT2D eigenvalue weighted by Gasteiger charge is 2.25. The van der Waals surface area contributed by atoms with Crippen LogP contribution in [0.4, 0.5) is 4.39 Å². The maximum absolute atomic E-state index is 13.3. The van der Waals surface area contributed by atoms with Crippen molar-refractivity contribution < 1.29 is 28.2 Å². The Kier molecular flexibility index (Phi) is 5.59. The topological polar surface area (TPSA) is 105 Å². The highest BCUT2D eigenvalue weighted by atomic mass is 19.1. The maximum Gasteiger partial charge on any atom is 0.360 e. The summed E-state index contributed by atoms with van der Waals surface area (Å²) in [4.78, 5) is 24.0. The zero-order valence-electron chi connectivity index (χ0n) is 15.4. The van der Waals surface area contributed by atoms with Crippen molar-refractivity contribution in [2.75, 3.05) is 21.3 Å². The number of carbonyl (C=O) groups is 2. The maximum atomic E-state index is 13.3. The average Bonchev–Trinajstić information content (AvgIpc) is 3.07. The van der Waals surface area contributed by atoms with Crippen LogP contribution < -0.4 is 0 Å². The zero-order valence-corrected chi connectivity index (χ0v) is 15.4. The van der Waals surface area contributed by atoms with E-state index in [-0.39, 0.29) is 35.9 Å². The van der Waals surface area contributed by atoms with Gasteiger partial charge in [-0.05, 0) is 17.7 Å². The molecule has 0 radical (unpaired) electrons. The van der Waals surface area contributed by atoms with E-state index in [1.165, 1.54) is 38.0 Å². The first-order valence-corrected chi connectivity index (χ1v) is 8.17. The van der Waals surface area contributed by atoms with Gasteiger partial charge < -0.3 is 14.2 Å². The minimum absolute atomic E-state index is 0.126. The van der Waals surface area contributed by atoms with Crippen LogP contribution in [0, 0.1) is 5.82 Å². The number of benzene rings is 1. The molecule has 0 aliphatic rings. The number of nitrogens with zero attached hydrogens (tertiary/aromatic N) is 4. The van der Waals surface area contributed by atoms with E-state index in [1.807, 2.05) is 0 Å². The van der Waals surface area contributed by atoms with Gasteiger partial charge in [-0.15, -0.1) is 10.2 Å². The van der Waals surface area contributed by atoms with Crippen molar-refractivity contribution in [3.8, 4) is 11.1 Å². The highest BCUT2D eigenvalue weighted by molar-refractivity contribution is 5.90. The summed E-state index contributed by atoms with van der Waals surface area (Å²) in [5.74, 6) is -1.74. The van der Waals surface area contributed by atoms with Crippen LogP contribution in [0.5, 0.6) is 0 Å². The lowest BCUT2D eigenvalue weighted by Crippen LogP contribution is -2.19. The second-order valence-electron chi connectivity index (χ2n) is 5.74. The summed E-state index contributed by atoms with van der Waals surface area (Å²) in [5.41, 5.74) is 1.96. The summed E-state index contributed by atoms with van der Waals surface area (Å²) < 4.78 is 29.3. The lowest BCUT2D eigenvalue weighted by atomic mass is 10.1. The molecule has 146 valence electrons. The van der Waals surface area contributed by atoms with Crippen LogP contribution in [0.2, 0.25) is 0 Å².